The number of anilines is 2. The Kier molecular flexibility index (Phi) is 9.89. The average molecular weight is 707 g/mol. The molecule has 0 spiro atoms. The number of halogens is 12. The Hall–Kier alpha value is -4.26. The molecule has 3 aromatic rings. The first-order valence-electron chi connectivity index (χ1n) is 14.1. The van der Waals surface area contributed by atoms with E-state index in [1.807, 2.05) is 0 Å². The van der Waals surface area contributed by atoms with Crippen LogP contribution in [0.1, 0.15) is 66.1 Å². The van der Waals surface area contributed by atoms with Gasteiger partial charge in [0, 0.05) is 13.1 Å². The van der Waals surface area contributed by atoms with E-state index < -0.39 is 84.0 Å². The number of aryl methyl sites for hydroxylation is 2. The number of hydrogen-bond acceptors (Lipinski definition) is 6. The van der Waals surface area contributed by atoms with Crippen LogP contribution in [0.4, 0.5) is 69.1 Å². The molecule has 0 N–H and O–H groups in total. The molecule has 1 aliphatic rings. The Morgan fingerprint density at radius 2 is 1.54 bits per heavy atom. The molecule has 0 saturated carbocycles. The van der Waals surface area contributed by atoms with Gasteiger partial charge in [0.05, 0.1) is 35.5 Å². The Morgan fingerprint density at radius 3 is 2.02 bits per heavy atom. The molecule has 1 aliphatic heterocycles. The molecule has 264 valence electrons. The number of fused-ring (bicyclic) bond motifs is 1. The number of nitrogens with zero attached hydrogens (tertiary/aromatic N) is 6. The minimum Gasteiger partial charge on any atom is -0.436 e. The number of benzene rings is 2. The van der Waals surface area contributed by atoms with Crippen LogP contribution in [-0.4, -0.2) is 45.1 Å². The summed E-state index contributed by atoms with van der Waals surface area (Å²) in [5.74, 6) is -0.348. The molecule has 48 heavy (non-hydrogen) atoms. The van der Waals surface area contributed by atoms with Crippen LogP contribution < -0.4 is 9.80 Å². The molecular weight excluding hydrogens is 680 g/mol. The predicted octanol–water partition coefficient (Wildman–Crippen LogP) is 8.26. The maximum absolute atomic E-state index is 14.2. The Labute approximate surface area is 264 Å². The van der Waals surface area contributed by atoms with Crippen molar-refractivity contribution >= 4 is 17.7 Å². The highest BCUT2D eigenvalue weighted by Gasteiger charge is 2.43. The van der Waals surface area contributed by atoms with E-state index in [1.165, 1.54) is 14.0 Å². The van der Waals surface area contributed by atoms with E-state index in [1.54, 1.807) is 0 Å². The predicted molar refractivity (Wildman–Crippen MR) is 144 cm³/mol. The van der Waals surface area contributed by atoms with Gasteiger partial charge < -0.3 is 9.64 Å². The molecule has 8 nitrogen and oxygen atoms in total. The highest BCUT2D eigenvalue weighted by molar-refractivity contribution is 5.89. The molecule has 1 amide bonds. The van der Waals surface area contributed by atoms with Gasteiger partial charge >= 0.3 is 30.8 Å². The van der Waals surface area contributed by atoms with Crippen molar-refractivity contribution in [3.05, 3.63) is 63.7 Å². The molecule has 0 aliphatic carbocycles. The highest BCUT2D eigenvalue weighted by atomic mass is 19.4. The van der Waals surface area contributed by atoms with E-state index >= 15 is 0 Å². The van der Waals surface area contributed by atoms with Gasteiger partial charge in [-0.1, -0.05) is 18.1 Å². The second-order valence-corrected chi connectivity index (χ2v) is 10.9. The van der Waals surface area contributed by atoms with Crippen molar-refractivity contribution in [2.24, 2.45) is 7.05 Å². The topological polar surface area (TPSA) is 76.4 Å². The number of hydrogen-bond donors (Lipinski definition) is 0. The van der Waals surface area contributed by atoms with Crippen LogP contribution in [0.2, 0.25) is 0 Å². The quantitative estimate of drug-likeness (QED) is 0.241. The molecule has 1 aromatic heterocycles. The van der Waals surface area contributed by atoms with Crippen molar-refractivity contribution in [3.63, 3.8) is 0 Å². The largest absolute Gasteiger partial charge is 0.436 e. The standard InChI is InChI=1S/C28H26F12N6O2/c1-4-16-10-19-21(6-5-7-45(22(19)12-20(16)28(38,39)40)24(47)48-14(2)25(29,30)31)46(23-41-43-44(3)42-23)13-15-8-17(26(32,33)34)11-18(9-15)27(35,36)37/h8-12,14,21H,4-7,13H2,1-3H3. The summed E-state index contributed by atoms with van der Waals surface area (Å²) in [6, 6.07) is 1.20. The molecule has 2 heterocycles. The molecule has 0 bridgehead atoms. The number of aromatic nitrogens is 4. The first kappa shape index (κ1) is 36.6. The summed E-state index contributed by atoms with van der Waals surface area (Å²) in [6.45, 7) is 0.676. The lowest BCUT2D eigenvalue weighted by Gasteiger charge is -2.33. The molecule has 20 heteroatoms. The molecule has 2 aromatic carbocycles. The zero-order chi connectivity index (χ0) is 36.0. The van der Waals surface area contributed by atoms with Crippen LogP contribution in [0.3, 0.4) is 0 Å². The fourth-order valence-electron chi connectivity index (χ4n) is 5.24. The summed E-state index contributed by atoms with van der Waals surface area (Å²) < 4.78 is 169. The van der Waals surface area contributed by atoms with Crippen molar-refractivity contribution in [2.75, 3.05) is 16.3 Å². The van der Waals surface area contributed by atoms with Gasteiger partial charge in [-0.05, 0) is 72.4 Å². The van der Waals surface area contributed by atoms with Gasteiger partial charge in [-0.15, -0.1) is 5.10 Å². The molecule has 2 atom stereocenters. The second-order valence-electron chi connectivity index (χ2n) is 10.9. The maximum Gasteiger partial charge on any atom is 0.425 e. The van der Waals surface area contributed by atoms with Crippen molar-refractivity contribution in [1.82, 2.24) is 20.2 Å². The van der Waals surface area contributed by atoms with E-state index in [-0.39, 0.29) is 42.4 Å². The summed E-state index contributed by atoms with van der Waals surface area (Å²) >= 11 is 0. The SMILES string of the molecule is CCc1cc2c(cc1C(F)(F)F)N(C(=O)OC(C)C(F)(F)F)CCCC2N(Cc1cc(C(F)(F)F)cc(C(F)(F)F)c1)c1nnn(C)n1. The van der Waals surface area contributed by atoms with Crippen molar-refractivity contribution in [3.8, 4) is 0 Å². The number of amides is 1. The van der Waals surface area contributed by atoms with Crippen molar-refractivity contribution in [1.29, 1.82) is 0 Å². The third-order valence-corrected chi connectivity index (χ3v) is 7.54. The zero-order valence-electron chi connectivity index (χ0n) is 25.1. The van der Waals surface area contributed by atoms with Crippen molar-refractivity contribution < 1.29 is 62.2 Å². The van der Waals surface area contributed by atoms with Crippen LogP contribution in [0.25, 0.3) is 0 Å². The van der Waals surface area contributed by atoms with Crippen molar-refractivity contribution in [2.45, 2.75) is 76.5 Å². The number of carbonyl (C=O) groups excluding carboxylic acids is 1. The molecule has 4 rings (SSSR count). The van der Waals surface area contributed by atoms with Gasteiger partial charge in [0.1, 0.15) is 0 Å². The van der Waals surface area contributed by atoms with Gasteiger partial charge in [0.2, 0.25) is 0 Å². The monoisotopic (exact) mass is 706 g/mol. The Balaban J connectivity index is 1.94. The summed E-state index contributed by atoms with van der Waals surface area (Å²) in [4.78, 5) is 15.7. The lowest BCUT2D eigenvalue weighted by Crippen LogP contribution is -2.39. The summed E-state index contributed by atoms with van der Waals surface area (Å²) in [5, 5.41) is 11.5. The summed E-state index contributed by atoms with van der Waals surface area (Å²) in [5.41, 5.74) is -5.97. The molecule has 2 unspecified atom stereocenters. The first-order valence-corrected chi connectivity index (χ1v) is 14.1. The van der Waals surface area contributed by atoms with Gasteiger partial charge in [-0.2, -0.15) is 57.5 Å². The third kappa shape index (κ3) is 8.05. The van der Waals surface area contributed by atoms with E-state index in [4.69, 9.17) is 0 Å². The molecule has 0 radical (unpaired) electrons. The lowest BCUT2D eigenvalue weighted by atomic mass is 9.93. The third-order valence-electron chi connectivity index (χ3n) is 7.54. The maximum atomic E-state index is 14.2. The van der Waals surface area contributed by atoms with Crippen LogP contribution in [0, 0.1) is 0 Å². The fraction of sp³-hybridized carbons (Fsp3) is 0.500. The van der Waals surface area contributed by atoms with E-state index in [9.17, 15) is 57.5 Å². The first-order chi connectivity index (χ1) is 22.0. The zero-order valence-corrected chi connectivity index (χ0v) is 25.1. The van der Waals surface area contributed by atoms with Gasteiger partial charge in [0.25, 0.3) is 5.95 Å². The minimum atomic E-state index is -5.20. The minimum absolute atomic E-state index is 0.0764. The van der Waals surface area contributed by atoms with Crippen LogP contribution in [0.5, 0.6) is 0 Å². The Bertz CT molecular complexity index is 1600. The number of tetrazole rings is 1. The number of rotatable bonds is 6. The smallest absolute Gasteiger partial charge is 0.425 e. The average Bonchev–Trinajstić information content (AvgIpc) is 3.30. The summed E-state index contributed by atoms with van der Waals surface area (Å²) in [7, 11) is 1.30. The summed E-state index contributed by atoms with van der Waals surface area (Å²) in [6.07, 6.45) is -25.1. The van der Waals surface area contributed by atoms with E-state index in [2.05, 4.69) is 20.1 Å². The van der Waals surface area contributed by atoms with Gasteiger partial charge in [0.15, 0.2) is 6.10 Å². The van der Waals surface area contributed by atoms with Gasteiger partial charge in [-0.25, -0.2) is 4.79 Å². The molecule has 0 saturated heterocycles. The Morgan fingerprint density at radius 1 is 0.938 bits per heavy atom. The second kappa shape index (κ2) is 13.0. The normalized spacial score (nSPS) is 16.7. The number of carbonyl (C=O) groups is 1. The fourth-order valence-corrected chi connectivity index (χ4v) is 5.24. The molecular formula is C28H26F12N6O2. The molecule has 0 fully saturated rings. The van der Waals surface area contributed by atoms with E-state index in [0.717, 1.165) is 15.8 Å². The number of alkyl halides is 12. The van der Waals surface area contributed by atoms with E-state index in [0.29, 0.717) is 30.0 Å². The van der Waals surface area contributed by atoms with Crippen LogP contribution in [0.15, 0.2) is 30.3 Å². The highest BCUT2D eigenvalue weighted by Crippen LogP contribution is 2.45. The van der Waals surface area contributed by atoms with Crippen LogP contribution in [-0.2, 0) is 43.3 Å². The van der Waals surface area contributed by atoms with Crippen LogP contribution >= 0.6 is 0 Å². The van der Waals surface area contributed by atoms with Gasteiger partial charge in [-0.3, -0.25) is 4.90 Å². The lowest BCUT2D eigenvalue weighted by molar-refractivity contribution is -0.196. The number of ether oxygens (including phenoxy) is 1.